The molecule has 32 heavy (non-hydrogen) atoms. The van der Waals surface area contributed by atoms with Crippen molar-refractivity contribution in [3.05, 3.63) is 97.1 Å². The first-order valence-electron chi connectivity index (χ1n) is 9.89. The van der Waals surface area contributed by atoms with Crippen LogP contribution >= 0.6 is 0 Å². The summed E-state index contributed by atoms with van der Waals surface area (Å²) in [5, 5.41) is 1.71. The standard InChI is InChI=1S/C25H21NO5S/c1-30-25(27)18-26(21-12-14-23(15-13-21)31-22-9-3-2-4-10-22)32(28,29)24-16-11-19-7-5-6-8-20(19)17-24/h2-17H,18H2,1H3. The Morgan fingerprint density at radius 1 is 0.781 bits per heavy atom. The molecule has 0 saturated carbocycles. The lowest BCUT2D eigenvalue weighted by Gasteiger charge is -2.24. The molecule has 0 saturated heterocycles. The number of sulfonamides is 1. The minimum absolute atomic E-state index is 0.0877. The third-order valence-electron chi connectivity index (χ3n) is 4.91. The number of para-hydroxylation sites is 1. The third-order valence-corrected chi connectivity index (χ3v) is 6.68. The molecule has 162 valence electrons. The van der Waals surface area contributed by atoms with Crippen molar-refractivity contribution in [1.29, 1.82) is 0 Å². The van der Waals surface area contributed by atoms with Gasteiger partial charge in [0.15, 0.2) is 0 Å². The smallest absolute Gasteiger partial charge is 0.326 e. The fourth-order valence-electron chi connectivity index (χ4n) is 3.26. The van der Waals surface area contributed by atoms with Crippen LogP contribution in [0.15, 0.2) is 102 Å². The van der Waals surface area contributed by atoms with Gasteiger partial charge in [0.25, 0.3) is 10.0 Å². The van der Waals surface area contributed by atoms with E-state index >= 15 is 0 Å². The van der Waals surface area contributed by atoms with Crippen molar-refractivity contribution in [2.45, 2.75) is 4.90 Å². The van der Waals surface area contributed by atoms with E-state index in [1.54, 1.807) is 36.4 Å². The second-order valence-electron chi connectivity index (χ2n) is 7.01. The lowest BCUT2D eigenvalue weighted by molar-refractivity contribution is -0.138. The van der Waals surface area contributed by atoms with E-state index in [4.69, 9.17) is 9.47 Å². The van der Waals surface area contributed by atoms with Crippen LogP contribution in [0.3, 0.4) is 0 Å². The molecule has 0 aromatic heterocycles. The molecule has 0 N–H and O–H groups in total. The maximum atomic E-state index is 13.5. The number of carbonyl (C=O) groups excluding carboxylic acids is 1. The summed E-state index contributed by atoms with van der Waals surface area (Å²) < 4.78 is 38.5. The lowest BCUT2D eigenvalue weighted by Crippen LogP contribution is -2.36. The number of ether oxygens (including phenoxy) is 2. The minimum Gasteiger partial charge on any atom is -0.468 e. The van der Waals surface area contributed by atoms with Crippen molar-refractivity contribution in [3.8, 4) is 11.5 Å². The second-order valence-corrected chi connectivity index (χ2v) is 8.87. The Hall–Kier alpha value is -3.84. The number of methoxy groups -OCH3 is 1. The van der Waals surface area contributed by atoms with Crippen LogP contribution in [0, 0.1) is 0 Å². The van der Waals surface area contributed by atoms with E-state index in [1.807, 2.05) is 54.6 Å². The van der Waals surface area contributed by atoms with Gasteiger partial charge in [-0.3, -0.25) is 9.10 Å². The van der Waals surface area contributed by atoms with Crippen LogP contribution in [0.5, 0.6) is 11.5 Å². The zero-order valence-corrected chi connectivity index (χ0v) is 18.2. The maximum Gasteiger partial charge on any atom is 0.326 e. The molecule has 4 rings (SSSR count). The predicted molar refractivity (Wildman–Crippen MR) is 123 cm³/mol. The molecule has 0 amide bonds. The number of anilines is 1. The van der Waals surface area contributed by atoms with Crippen molar-refractivity contribution in [2.75, 3.05) is 18.0 Å². The topological polar surface area (TPSA) is 72.9 Å². The lowest BCUT2D eigenvalue weighted by atomic mass is 10.1. The van der Waals surface area contributed by atoms with Crippen LogP contribution in [-0.2, 0) is 19.6 Å². The van der Waals surface area contributed by atoms with Crippen molar-refractivity contribution < 1.29 is 22.7 Å². The van der Waals surface area contributed by atoms with Gasteiger partial charge in [0.2, 0.25) is 0 Å². The molecule has 0 unspecified atom stereocenters. The maximum absolute atomic E-state index is 13.5. The molecule has 0 aliphatic carbocycles. The highest BCUT2D eigenvalue weighted by Crippen LogP contribution is 2.29. The van der Waals surface area contributed by atoms with Crippen molar-refractivity contribution in [2.24, 2.45) is 0 Å². The quantitative estimate of drug-likeness (QED) is 0.373. The zero-order valence-electron chi connectivity index (χ0n) is 17.3. The minimum atomic E-state index is -4.03. The van der Waals surface area contributed by atoms with E-state index in [0.717, 1.165) is 15.1 Å². The molecule has 0 heterocycles. The summed E-state index contributed by atoms with van der Waals surface area (Å²) in [6, 6.07) is 28.1. The van der Waals surface area contributed by atoms with Gasteiger partial charge in [0.05, 0.1) is 17.7 Å². The fourth-order valence-corrected chi connectivity index (χ4v) is 4.70. The molecule has 4 aromatic carbocycles. The number of esters is 1. The molecular weight excluding hydrogens is 426 g/mol. The van der Waals surface area contributed by atoms with Gasteiger partial charge in [-0.25, -0.2) is 8.42 Å². The van der Waals surface area contributed by atoms with Gasteiger partial charge >= 0.3 is 5.97 Å². The average Bonchev–Trinajstić information content (AvgIpc) is 2.83. The Balaban J connectivity index is 1.68. The Morgan fingerprint density at radius 3 is 2.09 bits per heavy atom. The van der Waals surface area contributed by atoms with Crippen LogP contribution in [0.1, 0.15) is 0 Å². The molecule has 4 aromatic rings. The number of fused-ring (bicyclic) bond motifs is 1. The zero-order chi connectivity index (χ0) is 22.6. The van der Waals surface area contributed by atoms with Crippen LogP contribution in [0.2, 0.25) is 0 Å². The SMILES string of the molecule is COC(=O)CN(c1ccc(Oc2ccccc2)cc1)S(=O)(=O)c1ccc2ccccc2c1. The molecule has 0 aliphatic rings. The van der Waals surface area contributed by atoms with Crippen LogP contribution in [0.25, 0.3) is 10.8 Å². The summed E-state index contributed by atoms with van der Waals surface area (Å²) in [5.41, 5.74) is 0.323. The number of hydrogen-bond donors (Lipinski definition) is 0. The molecular formula is C25H21NO5S. The normalized spacial score (nSPS) is 11.2. The monoisotopic (exact) mass is 447 g/mol. The summed E-state index contributed by atoms with van der Waals surface area (Å²) in [6.07, 6.45) is 0. The van der Waals surface area contributed by atoms with Crippen LogP contribution < -0.4 is 9.04 Å². The van der Waals surface area contributed by atoms with Gasteiger partial charge in [-0.05, 0) is 59.3 Å². The molecule has 0 aliphatic heterocycles. The Morgan fingerprint density at radius 2 is 1.41 bits per heavy atom. The van der Waals surface area contributed by atoms with Crippen molar-refractivity contribution >= 4 is 32.5 Å². The highest BCUT2D eigenvalue weighted by Gasteiger charge is 2.28. The summed E-state index contributed by atoms with van der Waals surface area (Å²) in [4.78, 5) is 12.1. The van der Waals surface area contributed by atoms with Crippen LogP contribution in [-0.4, -0.2) is 28.0 Å². The first-order valence-corrected chi connectivity index (χ1v) is 11.3. The van der Waals surface area contributed by atoms with E-state index < -0.39 is 22.5 Å². The average molecular weight is 448 g/mol. The van der Waals surface area contributed by atoms with E-state index in [9.17, 15) is 13.2 Å². The highest BCUT2D eigenvalue weighted by atomic mass is 32.2. The fraction of sp³-hybridized carbons (Fsp3) is 0.0800. The number of benzene rings is 4. The molecule has 7 heteroatoms. The van der Waals surface area contributed by atoms with Gasteiger partial charge in [-0.15, -0.1) is 0 Å². The highest BCUT2D eigenvalue weighted by molar-refractivity contribution is 7.92. The third kappa shape index (κ3) is 4.58. The molecule has 0 radical (unpaired) electrons. The van der Waals surface area contributed by atoms with Crippen molar-refractivity contribution in [3.63, 3.8) is 0 Å². The van der Waals surface area contributed by atoms with E-state index in [0.29, 0.717) is 17.2 Å². The Kier molecular flexibility index (Phi) is 6.09. The van der Waals surface area contributed by atoms with Gasteiger partial charge in [-0.2, -0.15) is 0 Å². The molecule has 0 atom stereocenters. The molecule has 0 spiro atoms. The van der Waals surface area contributed by atoms with Gasteiger partial charge in [0, 0.05) is 0 Å². The first kappa shape index (κ1) is 21.4. The summed E-state index contributed by atoms with van der Waals surface area (Å²) in [5.74, 6) is 0.537. The summed E-state index contributed by atoms with van der Waals surface area (Å²) in [6.45, 7) is -0.454. The molecule has 6 nitrogen and oxygen atoms in total. The number of hydrogen-bond acceptors (Lipinski definition) is 5. The van der Waals surface area contributed by atoms with Gasteiger partial charge in [-0.1, -0.05) is 48.5 Å². The Labute approximate surface area is 186 Å². The van der Waals surface area contributed by atoms with E-state index in [1.165, 1.54) is 13.2 Å². The predicted octanol–water partition coefficient (Wildman–Crippen LogP) is 5.00. The van der Waals surface area contributed by atoms with Gasteiger partial charge in [0.1, 0.15) is 18.0 Å². The molecule has 0 bridgehead atoms. The van der Waals surface area contributed by atoms with Crippen molar-refractivity contribution in [1.82, 2.24) is 0 Å². The second kappa shape index (κ2) is 9.11. The molecule has 0 fully saturated rings. The number of carbonyl (C=O) groups is 1. The van der Waals surface area contributed by atoms with Gasteiger partial charge < -0.3 is 9.47 Å². The number of rotatable bonds is 7. The summed E-state index contributed by atoms with van der Waals surface area (Å²) in [7, 11) is -2.81. The Bertz CT molecular complexity index is 1340. The largest absolute Gasteiger partial charge is 0.468 e. The first-order chi connectivity index (χ1) is 15.5. The van der Waals surface area contributed by atoms with E-state index in [2.05, 4.69) is 0 Å². The summed E-state index contributed by atoms with van der Waals surface area (Å²) >= 11 is 0. The van der Waals surface area contributed by atoms with E-state index in [-0.39, 0.29) is 4.90 Å². The number of nitrogens with zero attached hydrogens (tertiary/aromatic N) is 1. The van der Waals surface area contributed by atoms with Crippen LogP contribution in [0.4, 0.5) is 5.69 Å².